The molecule has 0 fully saturated rings. The molecule has 5 heteroatoms. The zero-order valence-corrected chi connectivity index (χ0v) is 9.68. The fourth-order valence-corrected chi connectivity index (χ4v) is 0.524. The van der Waals surface area contributed by atoms with E-state index in [4.69, 9.17) is 10.8 Å². The van der Waals surface area contributed by atoms with E-state index in [9.17, 15) is 9.59 Å². The minimum absolute atomic E-state index is 0.0139. The maximum atomic E-state index is 10.2. The van der Waals surface area contributed by atoms with Gasteiger partial charge in [0.05, 0.1) is 13.2 Å². The lowest BCUT2D eigenvalue weighted by atomic mass is 10.4. The molecule has 3 N–H and O–H groups in total. The summed E-state index contributed by atoms with van der Waals surface area (Å²) in [7, 11) is 0. The summed E-state index contributed by atoms with van der Waals surface area (Å²) < 4.78 is 4.58. The van der Waals surface area contributed by atoms with Gasteiger partial charge < -0.3 is 15.6 Å². The Labute approximate surface area is 95.6 Å². The van der Waals surface area contributed by atoms with Crippen molar-refractivity contribution in [3.63, 3.8) is 0 Å². The van der Waals surface area contributed by atoms with Gasteiger partial charge in [-0.15, -0.1) is 0 Å². The lowest BCUT2D eigenvalue weighted by Gasteiger charge is -1.97. The Bertz CT molecular complexity index is 246. The van der Waals surface area contributed by atoms with Gasteiger partial charge in [-0.3, -0.25) is 4.79 Å². The zero-order valence-electron chi connectivity index (χ0n) is 9.68. The number of allylic oxidation sites excluding steroid dienone is 3. The van der Waals surface area contributed by atoms with Crippen LogP contribution in [0.1, 0.15) is 20.3 Å². The van der Waals surface area contributed by atoms with Crippen molar-refractivity contribution in [3.05, 3.63) is 24.3 Å². The highest BCUT2D eigenvalue weighted by molar-refractivity contribution is 5.80. The van der Waals surface area contributed by atoms with Crippen molar-refractivity contribution in [1.29, 1.82) is 0 Å². The third-order valence-corrected chi connectivity index (χ3v) is 1.18. The molecular weight excluding hydrogens is 210 g/mol. The van der Waals surface area contributed by atoms with Crippen LogP contribution in [0.4, 0.5) is 0 Å². The maximum absolute atomic E-state index is 10.2. The van der Waals surface area contributed by atoms with Crippen molar-refractivity contribution in [2.45, 2.75) is 20.3 Å². The lowest BCUT2D eigenvalue weighted by Crippen LogP contribution is -2.16. The first kappa shape index (κ1) is 16.8. The van der Waals surface area contributed by atoms with Gasteiger partial charge in [-0.1, -0.05) is 25.2 Å². The third kappa shape index (κ3) is 18.2. The summed E-state index contributed by atoms with van der Waals surface area (Å²) in [6.45, 7) is 4.23. The number of nitrogens with two attached hydrogens (primary N) is 1. The molecule has 0 aliphatic carbocycles. The van der Waals surface area contributed by atoms with Crippen LogP contribution in [0.25, 0.3) is 0 Å². The quantitative estimate of drug-likeness (QED) is 0.418. The molecule has 0 saturated carbocycles. The molecule has 0 amide bonds. The normalized spacial score (nSPS) is 9.94. The highest BCUT2D eigenvalue weighted by Gasteiger charge is 1.93. The lowest BCUT2D eigenvalue weighted by molar-refractivity contribution is -0.141. The average Bonchev–Trinajstić information content (AvgIpc) is 2.26. The van der Waals surface area contributed by atoms with Crippen LogP contribution in [-0.2, 0) is 14.3 Å². The van der Waals surface area contributed by atoms with Crippen LogP contribution in [0, 0.1) is 0 Å². The number of carboxylic acids is 1. The second-order valence-corrected chi connectivity index (χ2v) is 2.65. The van der Waals surface area contributed by atoms with Crippen molar-refractivity contribution >= 4 is 11.9 Å². The fraction of sp³-hybridized carbons (Fsp3) is 0.455. The molecule has 0 spiro atoms. The van der Waals surface area contributed by atoms with Gasteiger partial charge in [-0.2, -0.15) is 0 Å². The molecule has 0 aliphatic heterocycles. The molecule has 0 aromatic carbocycles. The van der Waals surface area contributed by atoms with E-state index in [1.54, 1.807) is 12.2 Å². The van der Waals surface area contributed by atoms with Crippen LogP contribution < -0.4 is 5.73 Å². The molecule has 92 valence electrons. The molecule has 0 saturated heterocycles. The molecule has 0 unspecified atom stereocenters. The smallest absolute Gasteiger partial charge is 0.328 e. The highest BCUT2D eigenvalue weighted by Crippen LogP contribution is 1.78. The summed E-state index contributed by atoms with van der Waals surface area (Å²) in [5.41, 5.74) is 4.94. The molecule has 0 aliphatic rings. The number of carbonyl (C=O) groups is 2. The van der Waals surface area contributed by atoms with Crippen LogP contribution in [0.15, 0.2) is 24.3 Å². The van der Waals surface area contributed by atoms with Crippen LogP contribution in [0.2, 0.25) is 0 Å². The molecule has 0 heterocycles. The molecule has 0 rings (SSSR count). The third-order valence-electron chi connectivity index (χ3n) is 1.18. The molecule has 5 nitrogen and oxygen atoms in total. The Balaban J connectivity index is 0. The van der Waals surface area contributed by atoms with Crippen LogP contribution in [-0.4, -0.2) is 30.2 Å². The molecule has 0 radical (unpaired) electrons. The van der Waals surface area contributed by atoms with Crippen LogP contribution in [0.3, 0.4) is 0 Å². The number of aliphatic carboxylic acids is 1. The summed E-state index contributed by atoms with van der Waals surface area (Å²) in [4.78, 5) is 20.0. The monoisotopic (exact) mass is 229 g/mol. The number of esters is 1. The van der Waals surface area contributed by atoms with Crippen molar-refractivity contribution in [2.24, 2.45) is 5.73 Å². The van der Waals surface area contributed by atoms with Gasteiger partial charge in [0.2, 0.25) is 0 Å². The van der Waals surface area contributed by atoms with Gasteiger partial charge >= 0.3 is 11.9 Å². The Kier molecular flexibility index (Phi) is 14.0. The van der Waals surface area contributed by atoms with Gasteiger partial charge in [0.25, 0.3) is 0 Å². The summed E-state index contributed by atoms with van der Waals surface area (Å²) in [5, 5.41) is 8.02. The van der Waals surface area contributed by atoms with Gasteiger partial charge in [0.15, 0.2) is 0 Å². The number of ether oxygens (including phenoxy) is 1. The maximum Gasteiger partial charge on any atom is 0.328 e. The number of carboxylic acid groups (broad SMARTS) is 1. The molecule has 0 bridgehead atoms. The van der Waals surface area contributed by atoms with E-state index in [0.29, 0.717) is 6.61 Å². The fourth-order valence-electron chi connectivity index (χ4n) is 0.524. The summed E-state index contributed by atoms with van der Waals surface area (Å²) in [5.74, 6) is -1.24. The van der Waals surface area contributed by atoms with Crippen molar-refractivity contribution in [2.75, 3.05) is 13.2 Å². The van der Waals surface area contributed by atoms with Crippen LogP contribution in [0.5, 0.6) is 0 Å². The van der Waals surface area contributed by atoms with E-state index < -0.39 is 5.97 Å². The first-order valence-electron chi connectivity index (χ1n) is 4.96. The molecule has 0 atom stereocenters. The van der Waals surface area contributed by atoms with E-state index in [1.807, 2.05) is 13.8 Å². The first-order valence-corrected chi connectivity index (χ1v) is 4.96. The van der Waals surface area contributed by atoms with Crippen molar-refractivity contribution < 1.29 is 19.4 Å². The predicted molar refractivity (Wildman–Crippen MR) is 61.9 cm³/mol. The Morgan fingerprint density at radius 2 is 2.00 bits per heavy atom. The van der Waals surface area contributed by atoms with Gasteiger partial charge in [-0.25, -0.2) is 4.79 Å². The second kappa shape index (κ2) is 13.4. The van der Waals surface area contributed by atoms with Gasteiger partial charge in [0.1, 0.15) is 0 Å². The van der Waals surface area contributed by atoms with E-state index in [1.165, 1.54) is 6.08 Å². The second-order valence-electron chi connectivity index (χ2n) is 2.65. The number of carbonyl (C=O) groups excluding carboxylic acids is 1. The first-order chi connectivity index (χ1) is 7.58. The summed E-state index contributed by atoms with van der Waals surface area (Å²) >= 11 is 0. The van der Waals surface area contributed by atoms with Gasteiger partial charge in [-0.05, 0) is 13.3 Å². The van der Waals surface area contributed by atoms with E-state index in [2.05, 4.69) is 4.74 Å². The zero-order chi connectivity index (χ0) is 12.8. The Morgan fingerprint density at radius 1 is 1.38 bits per heavy atom. The topological polar surface area (TPSA) is 89.6 Å². The van der Waals surface area contributed by atoms with Crippen molar-refractivity contribution in [3.8, 4) is 0 Å². The average molecular weight is 229 g/mol. The molecule has 0 aromatic rings. The molecular formula is C11H19NO4. The minimum Gasteiger partial charge on any atom is -0.478 e. The minimum atomic E-state index is -0.914. The van der Waals surface area contributed by atoms with E-state index in [0.717, 1.165) is 12.5 Å². The SMILES string of the molecule is C/C=C/C=C/C(=O)O.CCCOC(=O)CN. The standard InChI is InChI=1S/C6H8O2.C5H11NO2/c1-2-3-4-5-6(7)8;1-2-3-8-5(7)4-6/h2-5H,1H3,(H,7,8);2-4,6H2,1H3/b3-2+,5-4+;. The Hall–Kier alpha value is -1.62. The molecule has 0 aromatic heterocycles. The van der Waals surface area contributed by atoms with Crippen molar-refractivity contribution in [1.82, 2.24) is 0 Å². The number of hydrogen-bond acceptors (Lipinski definition) is 4. The highest BCUT2D eigenvalue weighted by atomic mass is 16.5. The summed E-state index contributed by atoms with van der Waals surface area (Å²) in [6.07, 6.45) is 6.83. The number of hydrogen-bond donors (Lipinski definition) is 2. The summed E-state index contributed by atoms with van der Waals surface area (Å²) in [6, 6.07) is 0. The number of rotatable bonds is 5. The predicted octanol–water partition coefficient (Wildman–Crippen LogP) is 1.10. The Morgan fingerprint density at radius 3 is 2.38 bits per heavy atom. The van der Waals surface area contributed by atoms with E-state index >= 15 is 0 Å². The molecule has 16 heavy (non-hydrogen) atoms. The van der Waals surface area contributed by atoms with Gasteiger partial charge in [0, 0.05) is 6.08 Å². The largest absolute Gasteiger partial charge is 0.478 e. The van der Waals surface area contributed by atoms with Crippen LogP contribution >= 0.6 is 0 Å². The van der Waals surface area contributed by atoms with E-state index in [-0.39, 0.29) is 12.5 Å².